The normalized spacial score (nSPS) is 20.8. The molecule has 1 amide bonds. The van der Waals surface area contributed by atoms with Gasteiger partial charge in [-0.25, -0.2) is 19.7 Å². The van der Waals surface area contributed by atoms with Crippen molar-refractivity contribution < 1.29 is 9.53 Å². The summed E-state index contributed by atoms with van der Waals surface area (Å²) in [5, 5.41) is 4.19. The molecule has 0 unspecified atom stereocenters. The first-order valence-electron chi connectivity index (χ1n) is 17.8. The zero-order chi connectivity index (χ0) is 37.2. The molecule has 0 atom stereocenters. The van der Waals surface area contributed by atoms with E-state index < -0.39 is 11.2 Å². The van der Waals surface area contributed by atoms with E-state index in [1.807, 2.05) is 30.3 Å². The first kappa shape index (κ1) is 35.3. The summed E-state index contributed by atoms with van der Waals surface area (Å²) in [5.74, 6) is 0.693. The Balaban J connectivity index is 1.08. The molecule has 1 aliphatic heterocycles. The number of nitrogens with zero attached hydrogens (tertiary/aromatic N) is 6. The highest BCUT2D eigenvalue weighted by atomic mass is 35.5. The minimum absolute atomic E-state index is 0.121. The van der Waals surface area contributed by atoms with Crippen molar-refractivity contribution in [3.05, 3.63) is 90.8 Å². The van der Waals surface area contributed by atoms with Gasteiger partial charge in [-0.15, -0.1) is 0 Å². The van der Waals surface area contributed by atoms with Gasteiger partial charge >= 0.3 is 5.69 Å². The maximum atomic E-state index is 13.1. The molecular weight excluding hydrogens is 715 g/mol. The van der Waals surface area contributed by atoms with E-state index in [0.717, 1.165) is 85.8 Å². The molecule has 274 valence electrons. The third-order valence-corrected chi connectivity index (χ3v) is 12.8. The van der Waals surface area contributed by atoms with Gasteiger partial charge in [-0.05, 0) is 74.6 Å². The minimum Gasteiger partial charge on any atom is -0.481 e. The number of fused-ring (bicyclic) bond motifs is 4. The minimum atomic E-state index is -0.524. The first-order valence-corrected chi connectivity index (χ1v) is 18.5. The van der Waals surface area contributed by atoms with Gasteiger partial charge in [-0.1, -0.05) is 53.5 Å². The van der Waals surface area contributed by atoms with Crippen LogP contribution in [0.5, 0.6) is 5.88 Å². The van der Waals surface area contributed by atoms with Gasteiger partial charge < -0.3 is 15.8 Å². The van der Waals surface area contributed by atoms with Crippen LogP contribution in [0.1, 0.15) is 49.7 Å². The monoisotopic (exact) mass is 754 g/mol. The lowest BCUT2D eigenvalue weighted by atomic mass is 9.80. The summed E-state index contributed by atoms with van der Waals surface area (Å²) in [6, 6.07) is 13.4. The molecule has 2 bridgehead atoms. The van der Waals surface area contributed by atoms with E-state index in [0.29, 0.717) is 38.4 Å². The largest absolute Gasteiger partial charge is 0.481 e. The van der Waals surface area contributed by atoms with E-state index in [2.05, 4.69) is 26.3 Å². The number of halogens is 2. The number of carbonyl (C=O) groups excluding carboxylic acids is 1. The number of hydrogen-bond acceptors (Lipinski definition) is 9. The lowest BCUT2D eigenvalue weighted by molar-refractivity contribution is -0.127. The summed E-state index contributed by atoms with van der Waals surface area (Å²) in [5.41, 5.74) is 10.5. The number of ether oxygens (including phenoxy) is 1. The molecule has 2 aliphatic carbocycles. The molecule has 12 nitrogen and oxygen atoms in total. The van der Waals surface area contributed by atoms with Gasteiger partial charge in [0.2, 0.25) is 11.8 Å². The van der Waals surface area contributed by atoms with E-state index in [4.69, 9.17) is 38.7 Å². The number of methoxy groups -OCH3 is 1. The summed E-state index contributed by atoms with van der Waals surface area (Å²) in [6.07, 6.45) is 8.13. The van der Waals surface area contributed by atoms with E-state index in [1.165, 1.54) is 17.9 Å². The van der Waals surface area contributed by atoms with Crippen LogP contribution < -0.4 is 27.0 Å². The van der Waals surface area contributed by atoms with E-state index in [1.54, 1.807) is 20.2 Å². The van der Waals surface area contributed by atoms with Crippen molar-refractivity contribution in [1.82, 2.24) is 29.0 Å². The van der Waals surface area contributed by atoms with Crippen LogP contribution in [0.3, 0.4) is 0 Å². The number of aromatic nitrogens is 5. The highest BCUT2D eigenvalue weighted by Gasteiger charge is 2.56. The van der Waals surface area contributed by atoms with Crippen molar-refractivity contribution in [3.63, 3.8) is 0 Å². The molecule has 2 aromatic carbocycles. The lowest BCUT2D eigenvalue weighted by Gasteiger charge is -2.33. The Morgan fingerprint density at radius 2 is 1.70 bits per heavy atom. The van der Waals surface area contributed by atoms with Gasteiger partial charge in [0, 0.05) is 54.9 Å². The van der Waals surface area contributed by atoms with E-state index in [9.17, 15) is 14.4 Å². The number of primary amides is 1. The summed E-state index contributed by atoms with van der Waals surface area (Å²) >= 11 is 14.3. The Kier molecular flexibility index (Phi) is 8.82. The molecule has 4 heterocycles. The Morgan fingerprint density at radius 3 is 2.42 bits per heavy atom. The van der Waals surface area contributed by atoms with Crippen LogP contribution in [0.2, 0.25) is 10.0 Å². The molecule has 0 radical (unpaired) electrons. The van der Waals surface area contributed by atoms with E-state index >= 15 is 0 Å². The van der Waals surface area contributed by atoms with Crippen LogP contribution >= 0.6 is 23.2 Å². The first-order chi connectivity index (χ1) is 25.4. The molecule has 5 aromatic rings. The van der Waals surface area contributed by atoms with Crippen LogP contribution in [0.4, 0.5) is 11.5 Å². The van der Waals surface area contributed by atoms with Crippen molar-refractivity contribution in [3.8, 4) is 28.3 Å². The summed E-state index contributed by atoms with van der Waals surface area (Å²) in [6.45, 7) is 2.65. The van der Waals surface area contributed by atoms with Crippen LogP contribution in [-0.2, 0) is 31.9 Å². The van der Waals surface area contributed by atoms with Gasteiger partial charge in [0.1, 0.15) is 17.5 Å². The van der Waals surface area contributed by atoms with Crippen molar-refractivity contribution in [2.45, 2.75) is 51.5 Å². The second kappa shape index (κ2) is 13.3. The molecule has 0 saturated heterocycles. The molecule has 3 aromatic heterocycles. The maximum absolute atomic E-state index is 13.1. The number of pyridine rings is 1. The Hall–Kier alpha value is -4.78. The number of amides is 1. The number of hydrogen-bond donors (Lipinski definition) is 2. The molecule has 3 aliphatic rings. The number of nitrogens with two attached hydrogens (primary N) is 1. The lowest BCUT2D eigenvalue weighted by Crippen LogP contribution is -2.37. The second-order valence-electron chi connectivity index (χ2n) is 14.8. The molecule has 8 rings (SSSR count). The van der Waals surface area contributed by atoms with Crippen molar-refractivity contribution >= 4 is 51.6 Å². The fraction of sp³-hybridized carbons (Fsp3) is 0.385. The number of benzene rings is 2. The molecule has 14 heteroatoms. The van der Waals surface area contributed by atoms with Gasteiger partial charge in [0.05, 0.1) is 28.5 Å². The number of carbonyl (C=O) groups is 1. The topological polar surface area (TPSA) is 150 Å². The Labute approximate surface area is 315 Å². The quantitative estimate of drug-likeness (QED) is 0.185. The van der Waals surface area contributed by atoms with Crippen LogP contribution in [-0.4, -0.2) is 55.1 Å². The van der Waals surface area contributed by atoms with Gasteiger partial charge in [0.15, 0.2) is 5.65 Å². The predicted octanol–water partition coefficient (Wildman–Crippen LogP) is 6.00. The smallest absolute Gasteiger partial charge is 0.332 e. The van der Waals surface area contributed by atoms with Crippen LogP contribution in [0, 0.1) is 10.8 Å². The zero-order valence-corrected chi connectivity index (χ0v) is 31.4. The number of nitrogens with one attached hydrogen (secondary N) is 1. The SMILES string of the molecule is COc1nc(-c2cccc(-c3cccc(Nc4ncnc5c4c(=O)n(C)c(=O)n5C)c3Cl)c2Cl)cc2c1CCN(CCC13CCC(C(N)=O)(CC1)C3)C2. The average molecular weight is 756 g/mol. The number of anilines is 2. The zero-order valence-electron chi connectivity index (χ0n) is 29.8. The average Bonchev–Trinajstić information content (AvgIpc) is 3.74. The fourth-order valence-electron chi connectivity index (χ4n) is 8.89. The summed E-state index contributed by atoms with van der Waals surface area (Å²) in [7, 11) is 4.61. The van der Waals surface area contributed by atoms with Crippen LogP contribution in [0.25, 0.3) is 33.4 Å². The predicted molar refractivity (Wildman–Crippen MR) is 206 cm³/mol. The molecule has 3 N–H and O–H groups in total. The highest BCUT2D eigenvalue weighted by molar-refractivity contribution is 6.39. The van der Waals surface area contributed by atoms with Crippen molar-refractivity contribution in [2.75, 3.05) is 25.5 Å². The highest BCUT2D eigenvalue weighted by Crippen LogP contribution is 2.63. The Morgan fingerprint density at radius 1 is 0.981 bits per heavy atom. The van der Waals surface area contributed by atoms with Crippen molar-refractivity contribution in [2.24, 2.45) is 30.7 Å². The summed E-state index contributed by atoms with van der Waals surface area (Å²) in [4.78, 5) is 53.8. The standard InChI is InChI=1S/C39H40Cl2N8O4/c1-47-33-29(35(50)48(2)37(47)52)32(43-21-44-33)45-27-9-5-7-25(31(27)41)24-6-4-8-26(30(24)40)28-18-22-19-49(16-10-23(22)34(46-28)53-3)17-15-38-11-13-39(20-38,14-12-38)36(42)51/h4-9,18,21H,10-17,19-20H2,1-3H3,(H2,42,51)(H,43,44,45). The number of aryl methyl sites for hydroxylation is 1. The third kappa shape index (κ3) is 5.87. The van der Waals surface area contributed by atoms with Gasteiger partial charge in [-0.2, -0.15) is 0 Å². The molecular formula is C39H40Cl2N8O4. The number of rotatable bonds is 9. The van der Waals surface area contributed by atoms with E-state index in [-0.39, 0.29) is 33.6 Å². The molecule has 2 saturated carbocycles. The Bertz CT molecular complexity index is 2440. The second-order valence-corrected chi connectivity index (χ2v) is 15.6. The van der Waals surface area contributed by atoms with Gasteiger partial charge in [-0.3, -0.25) is 23.6 Å². The molecule has 53 heavy (non-hydrogen) atoms. The van der Waals surface area contributed by atoms with Crippen molar-refractivity contribution in [1.29, 1.82) is 0 Å². The van der Waals surface area contributed by atoms with Crippen LogP contribution in [0.15, 0.2) is 58.4 Å². The molecule has 2 fully saturated rings. The maximum Gasteiger partial charge on any atom is 0.332 e. The molecule has 0 spiro atoms. The fourth-order valence-corrected chi connectivity index (χ4v) is 9.49. The third-order valence-electron chi connectivity index (χ3n) is 12.0. The summed E-state index contributed by atoms with van der Waals surface area (Å²) < 4.78 is 8.15. The van der Waals surface area contributed by atoms with Gasteiger partial charge in [0.25, 0.3) is 5.56 Å².